The number of hydrogen-bond acceptors (Lipinski definition) is 5. The first-order valence-electron chi connectivity index (χ1n) is 12.0. The zero-order chi connectivity index (χ0) is 26.1. The quantitative estimate of drug-likeness (QED) is 0.224. The van der Waals surface area contributed by atoms with Crippen LogP contribution in [0.15, 0.2) is 77.7 Å². The van der Waals surface area contributed by atoms with Crippen LogP contribution >= 0.6 is 0 Å². The fourth-order valence-electron chi connectivity index (χ4n) is 3.70. The topological polar surface area (TPSA) is 72.9 Å². The minimum absolute atomic E-state index is 0.0406. The molecule has 6 nitrogen and oxygen atoms in total. The minimum atomic E-state index is -4.14. The van der Waals surface area contributed by atoms with Gasteiger partial charge in [0.15, 0.2) is 11.5 Å². The summed E-state index contributed by atoms with van der Waals surface area (Å²) >= 11 is 0. The third-order valence-corrected chi connectivity index (χ3v) is 7.61. The Morgan fingerprint density at radius 1 is 0.944 bits per heavy atom. The molecule has 0 saturated carbocycles. The van der Waals surface area contributed by atoms with Gasteiger partial charge in [-0.3, -0.25) is 4.79 Å². The Hall–Kier alpha value is -3.58. The molecule has 3 aromatic carbocycles. The Morgan fingerprint density at radius 2 is 1.69 bits per heavy atom. The van der Waals surface area contributed by atoms with Gasteiger partial charge >= 0.3 is 0 Å². The molecular weight excluding hydrogens is 474 g/mol. The highest BCUT2D eigenvalue weighted by molar-refractivity contribution is 7.93. The van der Waals surface area contributed by atoms with Crippen molar-refractivity contribution in [1.82, 2.24) is 0 Å². The Balaban J connectivity index is 1.94. The van der Waals surface area contributed by atoms with Gasteiger partial charge in [0.2, 0.25) is 0 Å². The van der Waals surface area contributed by atoms with Gasteiger partial charge < -0.3 is 9.47 Å². The average molecular weight is 508 g/mol. The van der Waals surface area contributed by atoms with Crippen molar-refractivity contribution < 1.29 is 22.7 Å². The van der Waals surface area contributed by atoms with Crippen LogP contribution in [0.1, 0.15) is 42.9 Å². The van der Waals surface area contributed by atoms with Crippen molar-refractivity contribution in [1.29, 1.82) is 0 Å². The van der Waals surface area contributed by atoms with E-state index < -0.39 is 15.9 Å². The van der Waals surface area contributed by atoms with Crippen molar-refractivity contribution in [2.75, 3.05) is 18.0 Å². The van der Waals surface area contributed by atoms with Gasteiger partial charge in [-0.2, -0.15) is 4.31 Å². The van der Waals surface area contributed by atoms with Gasteiger partial charge in [0, 0.05) is 6.08 Å². The molecule has 0 atom stereocenters. The molecule has 3 rings (SSSR count). The lowest BCUT2D eigenvalue weighted by Gasteiger charge is -2.24. The maximum absolute atomic E-state index is 13.6. The first-order valence-corrected chi connectivity index (χ1v) is 13.4. The predicted octanol–water partition coefficient (Wildman–Crippen LogP) is 6.32. The van der Waals surface area contributed by atoms with Crippen LogP contribution in [0.5, 0.6) is 11.5 Å². The number of methoxy groups -OCH3 is 1. The highest BCUT2D eigenvalue weighted by Gasteiger charge is 2.31. The number of amides is 1. The molecule has 0 unspecified atom stereocenters. The molecule has 1 amide bonds. The van der Waals surface area contributed by atoms with E-state index in [2.05, 4.69) is 6.92 Å². The normalized spacial score (nSPS) is 11.4. The summed E-state index contributed by atoms with van der Waals surface area (Å²) in [5, 5.41) is 0. The van der Waals surface area contributed by atoms with Crippen LogP contribution in [-0.4, -0.2) is 28.0 Å². The Kier molecular flexibility index (Phi) is 9.31. The fourth-order valence-corrected chi connectivity index (χ4v) is 5.16. The highest BCUT2D eigenvalue weighted by Crippen LogP contribution is 2.31. The number of ether oxygens (including phenoxy) is 2. The van der Waals surface area contributed by atoms with E-state index in [4.69, 9.17) is 9.47 Å². The smallest absolute Gasteiger partial charge is 0.271 e. The second kappa shape index (κ2) is 12.4. The van der Waals surface area contributed by atoms with Crippen LogP contribution in [0.3, 0.4) is 0 Å². The summed E-state index contributed by atoms with van der Waals surface area (Å²) in [4.78, 5) is 13.5. The summed E-state index contributed by atoms with van der Waals surface area (Å²) in [6, 6.07) is 18.6. The van der Waals surface area contributed by atoms with E-state index in [1.807, 2.05) is 13.0 Å². The summed E-state index contributed by atoms with van der Waals surface area (Å²) in [5.74, 6) is 0.497. The zero-order valence-corrected chi connectivity index (χ0v) is 22.0. The highest BCUT2D eigenvalue weighted by atomic mass is 32.2. The lowest BCUT2D eigenvalue weighted by Crippen LogP contribution is -2.36. The van der Waals surface area contributed by atoms with Gasteiger partial charge in [-0.1, -0.05) is 56.2 Å². The Bertz CT molecular complexity index is 1320. The molecule has 0 aliphatic carbocycles. The van der Waals surface area contributed by atoms with Crippen molar-refractivity contribution in [2.24, 2.45) is 0 Å². The van der Waals surface area contributed by atoms with Gasteiger partial charge in [-0.05, 0) is 73.4 Å². The van der Waals surface area contributed by atoms with Crippen molar-refractivity contribution in [3.8, 4) is 11.5 Å². The van der Waals surface area contributed by atoms with Crippen LogP contribution < -0.4 is 13.8 Å². The van der Waals surface area contributed by atoms with Crippen LogP contribution in [0, 0.1) is 13.8 Å². The number of benzene rings is 3. The Morgan fingerprint density at radius 3 is 2.39 bits per heavy atom. The SMILES string of the molecule is CCCCCOc1ccc(/C=C/C(=O)N(c2cccc(C)c2C)S(=O)(=O)c2ccccc2)cc1OC. The maximum Gasteiger partial charge on any atom is 0.271 e. The molecule has 0 N–H and O–H groups in total. The summed E-state index contributed by atoms with van der Waals surface area (Å²) < 4.78 is 39.3. The monoisotopic (exact) mass is 507 g/mol. The second-order valence-corrected chi connectivity index (χ2v) is 10.2. The first kappa shape index (κ1) is 27.0. The Labute approximate surface area is 214 Å². The van der Waals surface area contributed by atoms with E-state index in [0.29, 0.717) is 34.9 Å². The zero-order valence-electron chi connectivity index (χ0n) is 21.2. The maximum atomic E-state index is 13.6. The standard InChI is InChI=1S/C29H33NO5S/c1-5-6-10-20-35-27-18-16-24(21-28(27)34-4)17-19-29(31)30(26-15-11-12-22(2)23(26)3)36(32,33)25-13-8-7-9-14-25/h7-9,11-19,21H,5-6,10,20H2,1-4H3/b19-17+. The number of unbranched alkanes of at least 4 members (excludes halogenated alkanes) is 2. The number of sulfonamides is 1. The molecule has 3 aromatic rings. The van der Waals surface area contributed by atoms with E-state index in [0.717, 1.165) is 29.1 Å². The lowest BCUT2D eigenvalue weighted by atomic mass is 10.1. The number of aryl methyl sites for hydroxylation is 1. The molecule has 0 spiro atoms. The minimum Gasteiger partial charge on any atom is -0.493 e. The molecule has 0 saturated heterocycles. The molecular formula is C29H33NO5S. The third-order valence-electron chi connectivity index (χ3n) is 5.89. The molecule has 0 fully saturated rings. The molecule has 0 aliphatic heterocycles. The summed E-state index contributed by atoms with van der Waals surface area (Å²) in [6.07, 6.45) is 5.99. The molecule has 0 radical (unpaired) electrons. The van der Waals surface area contributed by atoms with Crippen molar-refractivity contribution in [3.63, 3.8) is 0 Å². The molecule has 0 aromatic heterocycles. The molecule has 0 aliphatic rings. The lowest BCUT2D eigenvalue weighted by molar-refractivity contribution is -0.113. The molecule has 0 bridgehead atoms. The van der Waals surface area contributed by atoms with Gasteiger partial charge in [0.05, 0.1) is 24.3 Å². The average Bonchev–Trinajstić information content (AvgIpc) is 2.88. The number of nitrogens with zero attached hydrogens (tertiary/aromatic N) is 1. The molecule has 0 heterocycles. The van der Waals surface area contributed by atoms with Gasteiger partial charge in [-0.15, -0.1) is 0 Å². The fraction of sp³-hybridized carbons (Fsp3) is 0.276. The van der Waals surface area contributed by atoms with Crippen LogP contribution in [-0.2, 0) is 14.8 Å². The van der Waals surface area contributed by atoms with Crippen molar-refractivity contribution >= 4 is 27.7 Å². The number of carbonyl (C=O) groups is 1. The number of anilines is 1. The number of carbonyl (C=O) groups excluding carboxylic acids is 1. The summed E-state index contributed by atoms with van der Waals surface area (Å²) in [6.45, 7) is 6.42. The first-order chi connectivity index (χ1) is 17.3. The van der Waals surface area contributed by atoms with Crippen LogP contribution in [0.2, 0.25) is 0 Å². The van der Waals surface area contributed by atoms with Crippen molar-refractivity contribution in [2.45, 2.75) is 44.9 Å². The van der Waals surface area contributed by atoms with E-state index >= 15 is 0 Å². The third kappa shape index (κ3) is 6.34. The van der Waals surface area contributed by atoms with Gasteiger partial charge in [0.25, 0.3) is 15.9 Å². The van der Waals surface area contributed by atoms with Crippen LogP contribution in [0.4, 0.5) is 5.69 Å². The summed E-state index contributed by atoms with van der Waals surface area (Å²) in [5.41, 5.74) is 2.60. The van der Waals surface area contributed by atoms with Gasteiger partial charge in [-0.25, -0.2) is 8.42 Å². The van der Waals surface area contributed by atoms with Crippen molar-refractivity contribution in [3.05, 3.63) is 89.5 Å². The molecule has 190 valence electrons. The largest absolute Gasteiger partial charge is 0.493 e. The van der Waals surface area contributed by atoms with E-state index in [1.165, 1.54) is 18.2 Å². The van der Waals surface area contributed by atoms with Gasteiger partial charge in [0.1, 0.15) is 0 Å². The van der Waals surface area contributed by atoms with E-state index in [-0.39, 0.29) is 4.90 Å². The molecule has 7 heteroatoms. The second-order valence-electron chi connectivity index (χ2n) is 8.44. The summed E-state index contributed by atoms with van der Waals surface area (Å²) in [7, 11) is -2.59. The van der Waals surface area contributed by atoms with E-state index in [1.54, 1.807) is 68.6 Å². The predicted molar refractivity (Wildman–Crippen MR) is 144 cm³/mol. The number of rotatable bonds is 11. The van der Waals surface area contributed by atoms with Crippen LogP contribution in [0.25, 0.3) is 6.08 Å². The van der Waals surface area contributed by atoms with E-state index in [9.17, 15) is 13.2 Å². The molecule has 36 heavy (non-hydrogen) atoms. The number of hydrogen-bond donors (Lipinski definition) is 0.